The van der Waals surface area contributed by atoms with Gasteiger partial charge in [-0.2, -0.15) is 0 Å². The van der Waals surface area contributed by atoms with E-state index in [1.54, 1.807) is 7.11 Å². The molecule has 1 aliphatic heterocycles. The quantitative estimate of drug-likeness (QED) is 0.932. The van der Waals surface area contributed by atoms with Gasteiger partial charge < -0.3 is 15.0 Å². The summed E-state index contributed by atoms with van der Waals surface area (Å²) in [6.07, 6.45) is 2.44. The van der Waals surface area contributed by atoms with Crippen LogP contribution in [-0.4, -0.2) is 26.1 Å². The average Bonchev–Trinajstić information content (AvgIpc) is 3.09. The van der Waals surface area contributed by atoms with Crippen LogP contribution < -0.4 is 15.0 Å². The molecule has 0 aliphatic carbocycles. The zero-order valence-corrected chi connectivity index (χ0v) is 13.6. The van der Waals surface area contributed by atoms with E-state index in [9.17, 15) is 4.79 Å². The molecule has 2 aromatic carbocycles. The van der Waals surface area contributed by atoms with E-state index in [1.807, 2.05) is 49.4 Å². The van der Waals surface area contributed by atoms with E-state index < -0.39 is 0 Å². The highest BCUT2D eigenvalue weighted by molar-refractivity contribution is 6.06. The lowest BCUT2D eigenvalue weighted by atomic mass is 10.1. The topological polar surface area (TPSA) is 41.6 Å². The van der Waals surface area contributed by atoms with E-state index in [4.69, 9.17) is 4.74 Å². The number of benzene rings is 2. The summed E-state index contributed by atoms with van der Waals surface area (Å²) >= 11 is 0. The van der Waals surface area contributed by atoms with Crippen LogP contribution in [0.25, 0.3) is 0 Å². The number of anilines is 2. The highest BCUT2D eigenvalue weighted by atomic mass is 16.5. The first kappa shape index (κ1) is 15.4. The van der Waals surface area contributed by atoms with Crippen LogP contribution >= 0.6 is 0 Å². The molecule has 120 valence electrons. The summed E-state index contributed by atoms with van der Waals surface area (Å²) in [4.78, 5) is 14.9. The van der Waals surface area contributed by atoms with E-state index in [0.717, 1.165) is 24.3 Å². The maximum absolute atomic E-state index is 12.6. The summed E-state index contributed by atoms with van der Waals surface area (Å²) in [6.45, 7) is 4.07. The van der Waals surface area contributed by atoms with Crippen molar-refractivity contribution in [2.75, 3.05) is 30.4 Å². The van der Waals surface area contributed by atoms with Gasteiger partial charge in [-0.15, -0.1) is 0 Å². The maximum atomic E-state index is 12.6. The van der Waals surface area contributed by atoms with Gasteiger partial charge in [0.25, 0.3) is 5.91 Å². The smallest absolute Gasteiger partial charge is 0.256 e. The summed E-state index contributed by atoms with van der Waals surface area (Å²) in [5, 5.41) is 2.99. The molecular formula is C19H22N2O2. The van der Waals surface area contributed by atoms with Gasteiger partial charge in [0.05, 0.1) is 12.8 Å². The van der Waals surface area contributed by atoms with Crippen LogP contribution in [0.4, 0.5) is 11.4 Å². The summed E-state index contributed by atoms with van der Waals surface area (Å²) < 4.78 is 5.40. The van der Waals surface area contributed by atoms with Gasteiger partial charge in [0.2, 0.25) is 0 Å². The molecule has 1 heterocycles. The Morgan fingerprint density at radius 3 is 2.57 bits per heavy atom. The van der Waals surface area contributed by atoms with Gasteiger partial charge in [0.15, 0.2) is 0 Å². The van der Waals surface area contributed by atoms with Crippen molar-refractivity contribution in [3.63, 3.8) is 0 Å². The van der Waals surface area contributed by atoms with Crippen LogP contribution in [0.2, 0.25) is 0 Å². The van der Waals surface area contributed by atoms with Gasteiger partial charge in [-0.05, 0) is 49.6 Å². The van der Waals surface area contributed by atoms with Crippen molar-refractivity contribution >= 4 is 17.3 Å². The summed E-state index contributed by atoms with van der Waals surface area (Å²) in [6, 6.07) is 13.5. The van der Waals surface area contributed by atoms with Crippen LogP contribution in [-0.2, 0) is 0 Å². The molecular weight excluding hydrogens is 288 g/mol. The number of nitrogens with one attached hydrogen (secondary N) is 1. The van der Waals surface area contributed by atoms with Crippen LogP contribution in [0.3, 0.4) is 0 Å². The molecule has 4 nitrogen and oxygen atoms in total. The fourth-order valence-corrected chi connectivity index (χ4v) is 2.98. The van der Waals surface area contributed by atoms with E-state index >= 15 is 0 Å². The normalized spacial score (nSPS) is 13.9. The molecule has 0 saturated carbocycles. The molecule has 0 bridgehead atoms. The van der Waals surface area contributed by atoms with E-state index in [0.29, 0.717) is 17.0 Å². The zero-order chi connectivity index (χ0) is 16.2. The predicted octanol–water partition coefficient (Wildman–Crippen LogP) is 3.86. The first-order valence-corrected chi connectivity index (χ1v) is 7.99. The number of methoxy groups -OCH3 is 1. The average molecular weight is 310 g/mol. The summed E-state index contributed by atoms with van der Waals surface area (Å²) in [5.41, 5.74) is 3.48. The Morgan fingerprint density at radius 2 is 1.87 bits per heavy atom. The van der Waals surface area contributed by atoms with Crippen LogP contribution in [0, 0.1) is 6.92 Å². The number of hydrogen-bond acceptors (Lipinski definition) is 3. The maximum Gasteiger partial charge on any atom is 0.256 e. The third-order valence-electron chi connectivity index (χ3n) is 4.29. The van der Waals surface area contributed by atoms with E-state index in [1.165, 1.54) is 12.8 Å². The van der Waals surface area contributed by atoms with Crippen LogP contribution in [0.15, 0.2) is 42.5 Å². The SMILES string of the molecule is COc1ccc(N2CCCC2)cc1NC(=O)c1ccccc1C. The molecule has 0 atom stereocenters. The highest BCUT2D eigenvalue weighted by Gasteiger charge is 2.16. The van der Waals surface area contributed by atoms with Crippen molar-refractivity contribution < 1.29 is 9.53 Å². The Kier molecular flexibility index (Phi) is 4.51. The Labute approximate surface area is 137 Å². The first-order chi connectivity index (χ1) is 11.2. The fraction of sp³-hybridized carbons (Fsp3) is 0.316. The van der Waals surface area contributed by atoms with Crippen molar-refractivity contribution in [3.8, 4) is 5.75 Å². The lowest BCUT2D eigenvalue weighted by Crippen LogP contribution is -2.18. The van der Waals surface area contributed by atoms with E-state index in [-0.39, 0.29) is 5.91 Å². The molecule has 0 unspecified atom stereocenters. The second-order valence-corrected chi connectivity index (χ2v) is 5.85. The molecule has 1 aliphatic rings. The molecule has 1 fully saturated rings. The van der Waals surface area contributed by atoms with Gasteiger partial charge in [-0.1, -0.05) is 18.2 Å². The molecule has 0 radical (unpaired) electrons. The van der Waals surface area contributed by atoms with E-state index in [2.05, 4.69) is 10.2 Å². The van der Waals surface area contributed by atoms with Crippen LogP contribution in [0.1, 0.15) is 28.8 Å². The minimum Gasteiger partial charge on any atom is -0.495 e. The Morgan fingerprint density at radius 1 is 1.13 bits per heavy atom. The molecule has 4 heteroatoms. The summed E-state index contributed by atoms with van der Waals surface area (Å²) in [5.74, 6) is 0.565. The van der Waals surface area contributed by atoms with Gasteiger partial charge >= 0.3 is 0 Å². The third kappa shape index (κ3) is 3.31. The number of ether oxygens (including phenoxy) is 1. The second kappa shape index (κ2) is 6.73. The van der Waals surface area contributed by atoms with Gasteiger partial charge in [0.1, 0.15) is 5.75 Å². The number of amides is 1. The number of aryl methyl sites for hydroxylation is 1. The fourth-order valence-electron chi connectivity index (χ4n) is 2.98. The van der Waals surface area contributed by atoms with Crippen molar-refractivity contribution in [1.29, 1.82) is 0 Å². The Bertz CT molecular complexity index is 706. The minimum absolute atomic E-state index is 0.111. The third-order valence-corrected chi connectivity index (χ3v) is 4.29. The lowest BCUT2D eigenvalue weighted by molar-refractivity contribution is 0.102. The molecule has 0 aromatic heterocycles. The van der Waals surface area contributed by atoms with Crippen molar-refractivity contribution in [2.45, 2.75) is 19.8 Å². The first-order valence-electron chi connectivity index (χ1n) is 7.99. The molecule has 1 saturated heterocycles. The summed E-state index contributed by atoms with van der Waals surface area (Å²) in [7, 11) is 1.62. The number of carbonyl (C=O) groups is 1. The number of nitrogens with zero attached hydrogens (tertiary/aromatic N) is 1. The monoisotopic (exact) mass is 310 g/mol. The molecule has 23 heavy (non-hydrogen) atoms. The lowest BCUT2D eigenvalue weighted by Gasteiger charge is -2.20. The van der Waals surface area contributed by atoms with Gasteiger partial charge in [-0.25, -0.2) is 0 Å². The largest absolute Gasteiger partial charge is 0.495 e. The van der Waals surface area contributed by atoms with Crippen molar-refractivity contribution in [3.05, 3.63) is 53.6 Å². The van der Waals surface area contributed by atoms with Crippen molar-refractivity contribution in [1.82, 2.24) is 0 Å². The zero-order valence-electron chi connectivity index (χ0n) is 13.6. The Balaban J connectivity index is 1.87. The number of hydrogen-bond donors (Lipinski definition) is 1. The highest BCUT2D eigenvalue weighted by Crippen LogP contribution is 2.31. The molecule has 1 N–H and O–H groups in total. The van der Waals surface area contributed by atoms with Crippen LogP contribution in [0.5, 0.6) is 5.75 Å². The second-order valence-electron chi connectivity index (χ2n) is 5.85. The number of rotatable bonds is 4. The Hall–Kier alpha value is -2.49. The van der Waals surface area contributed by atoms with Gasteiger partial charge in [-0.3, -0.25) is 4.79 Å². The standard InChI is InChI=1S/C19H22N2O2/c1-14-7-3-4-8-16(14)19(22)20-17-13-15(9-10-18(17)23-2)21-11-5-6-12-21/h3-4,7-10,13H,5-6,11-12H2,1-2H3,(H,20,22). The molecule has 2 aromatic rings. The molecule has 0 spiro atoms. The molecule has 1 amide bonds. The molecule has 3 rings (SSSR count). The number of carbonyl (C=O) groups excluding carboxylic acids is 1. The van der Waals surface area contributed by atoms with Crippen molar-refractivity contribution in [2.24, 2.45) is 0 Å². The van der Waals surface area contributed by atoms with Gasteiger partial charge in [0, 0.05) is 24.3 Å². The minimum atomic E-state index is -0.111. The predicted molar refractivity (Wildman–Crippen MR) is 93.6 cm³/mol.